The van der Waals surface area contributed by atoms with Crippen LogP contribution in [0.15, 0.2) is 54.6 Å². The van der Waals surface area contributed by atoms with Gasteiger partial charge in [0, 0.05) is 7.05 Å². The van der Waals surface area contributed by atoms with Crippen LogP contribution in [0, 0.1) is 6.92 Å². The maximum absolute atomic E-state index is 4.40. The Morgan fingerprint density at radius 1 is 1.17 bits per heavy atom. The summed E-state index contributed by atoms with van der Waals surface area (Å²) in [5, 5.41) is 8.73. The van der Waals surface area contributed by atoms with Crippen molar-refractivity contribution in [3.05, 3.63) is 70.7 Å². The third-order valence-corrected chi connectivity index (χ3v) is 4.98. The number of aromatic nitrogens is 6. The van der Waals surface area contributed by atoms with Crippen LogP contribution in [0.25, 0.3) is 11.4 Å². The second-order valence-electron chi connectivity index (χ2n) is 5.59. The minimum atomic E-state index is -0.0341. The Bertz CT molecular complexity index is 952. The minimum absolute atomic E-state index is 0.0341. The van der Waals surface area contributed by atoms with E-state index in [-0.39, 0.29) is 6.04 Å². The highest BCUT2D eigenvalue weighted by molar-refractivity contribution is 7.09. The Morgan fingerprint density at radius 2 is 2.00 bits per heavy atom. The van der Waals surface area contributed by atoms with E-state index in [0.717, 1.165) is 22.6 Å². The van der Waals surface area contributed by atoms with Gasteiger partial charge in [-0.15, -0.1) is 16.4 Å². The summed E-state index contributed by atoms with van der Waals surface area (Å²) < 4.78 is 3.84. The van der Waals surface area contributed by atoms with Crippen LogP contribution in [0.2, 0.25) is 0 Å². The summed E-state index contributed by atoms with van der Waals surface area (Å²) in [6, 6.07) is 10.3. The quantitative estimate of drug-likeness (QED) is 0.574. The van der Waals surface area contributed by atoms with E-state index < -0.39 is 0 Å². The molecule has 0 aliphatic carbocycles. The molecule has 4 aromatic rings. The number of benzene rings is 1. The summed E-state index contributed by atoms with van der Waals surface area (Å²) in [6.45, 7) is 2.03. The molecule has 6 nitrogen and oxygen atoms in total. The molecule has 0 fully saturated rings. The summed E-state index contributed by atoms with van der Waals surface area (Å²) in [5.41, 5.74) is 5.80. The standard InChI is InChI=1S/C17H16N6S/c1-12-17(24-11-19-12)16(13-6-4-3-5-7-13)23-9-14(20-21-23)15-8-18-10-22(15)2/h3-11,16H,1-2H3. The van der Waals surface area contributed by atoms with E-state index in [1.165, 1.54) is 4.88 Å². The molecular weight excluding hydrogens is 320 g/mol. The van der Waals surface area contributed by atoms with Gasteiger partial charge in [0.2, 0.25) is 0 Å². The van der Waals surface area contributed by atoms with E-state index in [1.807, 2.05) is 53.1 Å². The molecular formula is C17H16N6S. The van der Waals surface area contributed by atoms with Crippen LogP contribution in [-0.2, 0) is 7.05 Å². The molecule has 0 saturated carbocycles. The molecule has 0 N–H and O–H groups in total. The highest BCUT2D eigenvalue weighted by Crippen LogP contribution is 2.31. The van der Waals surface area contributed by atoms with Crippen molar-refractivity contribution in [2.45, 2.75) is 13.0 Å². The maximum Gasteiger partial charge on any atom is 0.131 e. The second kappa shape index (κ2) is 6.01. The van der Waals surface area contributed by atoms with Gasteiger partial charge < -0.3 is 4.57 Å². The summed E-state index contributed by atoms with van der Waals surface area (Å²) in [6.07, 6.45) is 5.52. The van der Waals surface area contributed by atoms with Crippen LogP contribution >= 0.6 is 11.3 Å². The topological polar surface area (TPSA) is 61.4 Å². The van der Waals surface area contributed by atoms with Crippen molar-refractivity contribution in [3.63, 3.8) is 0 Å². The average molecular weight is 336 g/mol. The van der Waals surface area contributed by atoms with Crippen LogP contribution < -0.4 is 0 Å². The first-order valence-electron chi connectivity index (χ1n) is 7.57. The molecule has 0 aliphatic heterocycles. The summed E-state index contributed by atoms with van der Waals surface area (Å²) >= 11 is 1.64. The highest BCUT2D eigenvalue weighted by atomic mass is 32.1. The molecule has 1 unspecified atom stereocenters. The minimum Gasteiger partial charge on any atom is -0.332 e. The van der Waals surface area contributed by atoms with Gasteiger partial charge in [-0.05, 0) is 12.5 Å². The van der Waals surface area contributed by atoms with Gasteiger partial charge in [0.15, 0.2) is 0 Å². The van der Waals surface area contributed by atoms with Gasteiger partial charge in [-0.2, -0.15) is 0 Å². The van der Waals surface area contributed by atoms with Gasteiger partial charge in [-0.25, -0.2) is 14.6 Å². The zero-order chi connectivity index (χ0) is 16.5. The fraction of sp³-hybridized carbons (Fsp3) is 0.176. The molecule has 7 heteroatoms. The van der Waals surface area contributed by atoms with Gasteiger partial charge in [0.25, 0.3) is 0 Å². The van der Waals surface area contributed by atoms with E-state index in [4.69, 9.17) is 0 Å². The molecule has 0 saturated heterocycles. The first-order valence-corrected chi connectivity index (χ1v) is 8.45. The average Bonchev–Trinajstić information content (AvgIpc) is 3.32. The lowest BCUT2D eigenvalue weighted by atomic mass is 10.0. The highest BCUT2D eigenvalue weighted by Gasteiger charge is 2.22. The Kier molecular flexibility index (Phi) is 3.70. The fourth-order valence-corrected chi connectivity index (χ4v) is 3.68. The molecule has 3 aromatic heterocycles. The predicted molar refractivity (Wildman–Crippen MR) is 92.8 cm³/mol. The van der Waals surface area contributed by atoms with Crippen LogP contribution in [0.5, 0.6) is 0 Å². The molecule has 3 heterocycles. The van der Waals surface area contributed by atoms with Crippen molar-refractivity contribution in [1.29, 1.82) is 0 Å². The first-order chi connectivity index (χ1) is 11.7. The zero-order valence-electron chi connectivity index (χ0n) is 13.4. The van der Waals surface area contributed by atoms with Gasteiger partial charge in [-0.1, -0.05) is 35.5 Å². The molecule has 4 rings (SSSR count). The van der Waals surface area contributed by atoms with E-state index in [2.05, 4.69) is 32.4 Å². The summed E-state index contributed by atoms with van der Waals surface area (Å²) in [7, 11) is 1.95. The lowest BCUT2D eigenvalue weighted by Crippen LogP contribution is -2.13. The van der Waals surface area contributed by atoms with Crippen LogP contribution in [0.4, 0.5) is 0 Å². The van der Waals surface area contributed by atoms with Crippen molar-refractivity contribution in [2.75, 3.05) is 0 Å². The molecule has 1 atom stereocenters. The smallest absolute Gasteiger partial charge is 0.131 e. The van der Waals surface area contributed by atoms with Crippen molar-refractivity contribution >= 4 is 11.3 Å². The predicted octanol–water partition coefficient (Wildman–Crippen LogP) is 3.08. The number of aryl methyl sites for hydroxylation is 2. The number of imidazole rings is 1. The van der Waals surface area contributed by atoms with E-state index in [1.54, 1.807) is 23.9 Å². The normalized spacial score (nSPS) is 12.4. The van der Waals surface area contributed by atoms with Crippen molar-refractivity contribution < 1.29 is 0 Å². The molecule has 24 heavy (non-hydrogen) atoms. The van der Waals surface area contributed by atoms with Crippen molar-refractivity contribution in [1.82, 2.24) is 29.5 Å². The molecule has 1 aromatic carbocycles. The molecule has 0 spiro atoms. The first kappa shape index (κ1) is 14.8. The lowest BCUT2D eigenvalue weighted by Gasteiger charge is -2.16. The van der Waals surface area contributed by atoms with Gasteiger partial charge in [-0.3, -0.25) is 0 Å². The number of rotatable bonds is 4. The summed E-state index contributed by atoms with van der Waals surface area (Å²) in [4.78, 5) is 9.72. The Hall–Kier alpha value is -2.80. The largest absolute Gasteiger partial charge is 0.332 e. The number of hydrogen-bond donors (Lipinski definition) is 0. The monoisotopic (exact) mass is 336 g/mol. The van der Waals surface area contributed by atoms with E-state index in [9.17, 15) is 0 Å². The van der Waals surface area contributed by atoms with Crippen molar-refractivity contribution in [3.8, 4) is 11.4 Å². The van der Waals surface area contributed by atoms with Crippen LogP contribution in [-0.4, -0.2) is 29.5 Å². The molecule has 120 valence electrons. The fourth-order valence-electron chi connectivity index (χ4n) is 2.76. The molecule has 0 bridgehead atoms. The Labute approximate surface area is 143 Å². The van der Waals surface area contributed by atoms with Crippen LogP contribution in [0.3, 0.4) is 0 Å². The zero-order valence-corrected chi connectivity index (χ0v) is 14.2. The molecule has 0 amide bonds. The number of hydrogen-bond acceptors (Lipinski definition) is 5. The van der Waals surface area contributed by atoms with Crippen molar-refractivity contribution in [2.24, 2.45) is 7.05 Å². The van der Waals surface area contributed by atoms with Crippen LogP contribution in [0.1, 0.15) is 22.2 Å². The molecule has 0 aliphatic rings. The van der Waals surface area contributed by atoms with Gasteiger partial charge in [0.05, 0.1) is 40.5 Å². The molecule has 0 radical (unpaired) electrons. The Morgan fingerprint density at radius 3 is 2.67 bits per heavy atom. The van der Waals surface area contributed by atoms with E-state index >= 15 is 0 Å². The number of nitrogens with zero attached hydrogens (tertiary/aromatic N) is 6. The third-order valence-electron chi connectivity index (χ3n) is 4.00. The van der Waals surface area contributed by atoms with E-state index in [0.29, 0.717) is 0 Å². The third kappa shape index (κ3) is 2.52. The summed E-state index contributed by atoms with van der Waals surface area (Å²) in [5.74, 6) is 0. The maximum atomic E-state index is 4.40. The SMILES string of the molecule is Cc1ncsc1C(c1ccccc1)n1cc(-c2cncn2C)nn1. The number of thiazole rings is 1. The van der Waals surface area contributed by atoms with Gasteiger partial charge in [0.1, 0.15) is 11.7 Å². The lowest BCUT2D eigenvalue weighted by molar-refractivity contribution is 0.575. The van der Waals surface area contributed by atoms with Gasteiger partial charge >= 0.3 is 0 Å². The Balaban J connectivity index is 1.82. The second-order valence-corrected chi connectivity index (χ2v) is 6.48.